The van der Waals surface area contributed by atoms with Gasteiger partial charge in [-0.15, -0.1) is 0 Å². The molecule has 1 aromatic rings. The van der Waals surface area contributed by atoms with Crippen LogP contribution in [0.2, 0.25) is 0 Å². The molecule has 20 heavy (non-hydrogen) atoms. The zero-order chi connectivity index (χ0) is 14.9. The van der Waals surface area contributed by atoms with Gasteiger partial charge in [0.2, 0.25) is 0 Å². The largest absolute Gasteiger partial charge is 0.480 e. The number of rotatable bonds is 5. The van der Waals surface area contributed by atoms with Crippen molar-refractivity contribution in [1.29, 1.82) is 0 Å². The van der Waals surface area contributed by atoms with E-state index in [-0.39, 0.29) is 22.7 Å². The van der Waals surface area contributed by atoms with Gasteiger partial charge < -0.3 is 9.47 Å². The van der Waals surface area contributed by atoms with Gasteiger partial charge in [-0.1, -0.05) is 22.0 Å². The van der Waals surface area contributed by atoms with E-state index in [4.69, 9.17) is 9.47 Å². The van der Waals surface area contributed by atoms with Crippen LogP contribution in [0.4, 0.5) is 5.69 Å². The second-order valence-electron chi connectivity index (χ2n) is 5.02. The highest BCUT2D eigenvalue weighted by molar-refractivity contribution is 9.09. The standard InChI is InChI=1S/C14H18BrNO4/c1-4-19-14-10(15)7-12(14)20-13-9(3)5-8(2)6-11(13)16(17)18/h5-6,10,12,14H,4,7H2,1-3H3. The van der Waals surface area contributed by atoms with Crippen LogP contribution in [0.3, 0.4) is 0 Å². The van der Waals surface area contributed by atoms with Gasteiger partial charge in [0.05, 0.1) is 4.92 Å². The Kier molecular flexibility index (Phi) is 4.65. The van der Waals surface area contributed by atoms with Crippen molar-refractivity contribution < 1.29 is 14.4 Å². The van der Waals surface area contributed by atoms with Crippen LogP contribution in [-0.4, -0.2) is 28.6 Å². The third kappa shape index (κ3) is 2.96. The van der Waals surface area contributed by atoms with Crippen molar-refractivity contribution in [3.8, 4) is 5.75 Å². The summed E-state index contributed by atoms with van der Waals surface area (Å²) < 4.78 is 11.5. The van der Waals surface area contributed by atoms with Gasteiger partial charge in [-0.25, -0.2) is 0 Å². The molecule has 1 saturated carbocycles. The van der Waals surface area contributed by atoms with Gasteiger partial charge in [0.15, 0.2) is 5.75 Å². The SMILES string of the molecule is CCOC1C(Br)CC1Oc1c(C)cc(C)cc1[N+](=O)[O-]. The molecule has 0 radical (unpaired) electrons. The smallest absolute Gasteiger partial charge is 0.311 e. The lowest BCUT2D eigenvalue weighted by Crippen LogP contribution is -2.52. The molecular formula is C14H18BrNO4. The molecule has 3 atom stereocenters. The second-order valence-corrected chi connectivity index (χ2v) is 6.19. The summed E-state index contributed by atoms with van der Waals surface area (Å²) in [7, 11) is 0. The fraction of sp³-hybridized carbons (Fsp3) is 0.571. The molecule has 1 aromatic carbocycles. The molecule has 2 rings (SSSR count). The van der Waals surface area contributed by atoms with Gasteiger partial charge in [-0.05, 0) is 31.9 Å². The number of hydrogen-bond acceptors (Lipinski definition) is 4. The van der Waals surface area contributed by atoms with Gasteiger partial charge in [0.25, 0.3) is 0 Å². The molecule has 1 fully saturated rings. The highest BCUT2D eigenvalue weighted by atomic mass is 79.9. The zero-order valence-electron chi connectivity index (χ0n) is 11.8. The number of nitrogens with zero attached hydrogens (tertiary/aromatic N) is 1. The first-order valence-electron chi connectivity index (χ1n) is 6.62. The number of alkyl halides is 1. The first kappa shape index (κ1) is 15.3. The Morgan fingerprint density at radius 3 is 2.70 bits per heavy atom. The Hall–Kier alpha value is -1.14. The summed E-state index contributed by atoms with van der Waals surface area (Å²) in [6.45, 7) is 6.19. The molecule has 0 spiro atoms. The van der Waals surface area contributed by atoms with Crippen LogP contribution in [0.25, 0.3) is 0 Å². The van der Waals surface area contributed by atoms with Crippen molar-refractivity contribution in [3.05, 3.63) is 33.4 Å². The van der Waals surface area contributed by atoms with Crippen LogP contribution in [0, 0.1) is 24.0 Å². The maximum absolute atomic E-state index is 11.2. The zero-order valence-corrected chi connectivity index (χ0v) is 13.3. The molecule has 0 aliphatic heterocycles. The van der Waals surface area contributed by atoms with Crippen molar-refractivity contribution in [2.45, 2.75) is 44.2 Å². The quantitative estimate of drug-likeness (QED) is 0.466. The fourth-order valence-electron chi connectivity index (χ4n) is 2.42. The van der Waals surface area contributed by atoms with E-state index in [0.717, 1.165) is 17.5 Å². The van der Waals surface area contributed by atoms with E-state index >= 15 is 0 Å². The van der Waals surface area contributed by atoms with E-state index in [1.54, 1.807) is 6.07 Å². The van der Waals surface area contributed by atoms with E-state index in [9.17, 15) is 10.1 Å². The molecule has 110 valence electrons. The monoisotopic (exact) mass is 343 g/mol. The Labute approximate surface area is 126 Å². The van der Waals surface area contributed by atoms with Crippen LogP contribution in [0.5, 0.6) is 5.75 Å². The number of ether oxygens (including phenoxy) is 2. The van der Waals surface area contributed by atoms with Crippen LogP contribution in [-0.2, 0) is 4.74 Å². The molecule has 0 amide bonds. The van der Waals surface area contributed by atoms with E-state index in [0.29, 0.717) is 12.4 Å². The minimum atomic E-state index is -0.394. The lowest BCUT2D eigenvalue weighted by atomic mass is 9.91. The lowest BCUT2D eigenvalue weighted by Gasteiger charge is -2.40. The molecular weight excluding hydrogens is 326 g/mol. The number of nitro benzene ring substituents is 1. The summed E-state index contributed by atoms with van der Waals surface area (Å²) in [5.41, 5.74) is 1.66. The van der Waals surface area contributed by atoms with Crippen molar-refractivity contribution in [3.63, 3.8) is 0 Å². The van der Waals surface area contributed by atoms with Crippen molar-refractivity contribution in [1.82, 2.24) is 0 Å². The van der Waals surface area contributed by atoms with Gasteiger partial charge >= 0.3 is 5.69 Å². The summed E-state index contributed by atoms with van der Waals surface area (Å²) in [6, 6.07) is 3.44. The molecule has 0 N–H and O–H groups in total. The molecule has 0 heterocycles. The molecule has 3 unspecified atom stereocenters. The van der Waals surface area contributed by atoms with Crippen molar-refractivity contribution >= 4 is 21.6 Å². The molecule has 0 aromatic heterocycles. The molecule has 0 saturated heterocycles. The first-order chi connectivity index (χ1) is 9.43. The Morgan fingerprint density at radius 1 is 1.45 bits per heavy atom. The average molecular weight is 344 g/mol. The lowest BCUT2D eigenvalue weighted by molar-refractivity contribution is -0.386. The molecule has 5 nitrogen and oxygen atoms in total. The Bertz CT molecular complexity index is 520. The third-order valence-electron chi connectivity index (χ3n) is 3.40. The summed E-state index contributed by atoms with van der Waals surface area (Å²) >= 11 is 3.52. The number of aryl methyl sites for hydroxylation is 2. The van der Waals surface area contributed by atoms with Crippen LogP contribution in [0.15, 0.2) is 12.1 Å². The Balaban J connectivity index is 2.23. The fourth-order valence-corrected chi connectivity index (χ4v) is 3.28. The summed E-state index contributed by atoms with van der Waals surface area (Å²) in [5.74, 6) is 0.356. The van der Waals surface area contributed by atoms with Gasteiger partial charge in [0.1, 0.15) is 12.2 Å². The number of benzene rings is 1. The third-order valence-corrected chi connectivity index (χ3v) is 4.30. The topological polar surface area (TPSA) is 61.6 Å². The average Bonchev–Trinajstić information content (AvgIpc) is 2.37. The molecule has 1 aliphatic rings. The predicted octanol–water partition coefficient (Wildman–Crippen LogP) is 3.53. The molecule has 1 aliphatic carbocycles. The number of halogens is 1. The molecule has 6 heteroatoms. The predicted molar refractivity (Wildman–Crippen MR) is 79.7 cm³/mol. The van der Waals surface area contributed by atoms with E-state index in [2.05, 4.69) is 15.9 Å². The second kappa shape index (κ2) is 6.10. The minimum absolute atomic E-state index is 0.0239. The van der Waals surface area contributed by atoms with Crippen LogP contribution >= 0.6 is 15.9 Å². The van der Waals surface area contributed by atoms with Gasteiger partial charge in [-0.2, -0.15) is 0 Å². The normalized spacial score (nSPS) is 25.1. The van der Waals surface area contributed by atoms with E-state index in [1.165, 1.54) is 0 Å². The minimum Gasteiger partial charge on any atom is -0.480 e. The summed E-state index contributed by atoms with van der Waals surface area (Å²) in [5, 5.41) is 11.2. The number of hydrogen-bond donors (Lipinski definition) is 0. The maximum atomic E-state index is 11.2. The van der Waals surface area contributed by atoms with Gasteiger partial charge in [0, 0.05) is 23.9 Å². The Morgan fingerprint density at radius 2 is 2.15 bits per heavy atom. The van der Waals surface area contributed by atoms with Crippen LogP contribution in [0.1, 0.15) is 24.5 Å². The van der Waals surface area contributed by atoms with Crippen LogP contribution < -0.4 is 4.74 Å². The first-order valence-corrected chi connectivity index (χ1v) is 7.53. The summed E-state index contributed by atoms with van der Waals surface area (Å²) in [6.07, 6.45) is 0.592. The number of nitro groups is 1. The van der Waals surface area contributed by atoms with E-state index < -0.39 is 4.92 Å². The molecule has 0 bridgehead atoms. The van der Waals surface area contributed by atoms with Gasteiger partial charge in [-0.3, -0.25) is 10.1 Å². The van der Waals surface area contributed by atoms with Crippen molar-refractivity contribution in [2.75, 3.05) is 6.61 Å². The highest BCUT2D eigenvalue weighted by Gasteiger charge is 2.43. The van der Waals surface area contributed by atoms with E-state index in [1.807, 2.05) is 26.8 Å². The maximum Gasteiger partial charge on any atom is 0.311 e. The highest BCUT2D eigenvalue weighted by Crippen LogP contribution is 2.39. The summed E-state index contributed by atoms with van der Waals surface area (Å²) in [4.78, 5) is 11.0. The van der Waals surface area contributed by atoms with Crippen molar-refractivity contribution in [2.24, 2.45) is 0 Å².